The molecule has 6 nitrogen and oxygen atoms in total. The number of ether oxygens (including phenoxy) is 3. The van der Waals surface area contributed by atoms with Crippen LogP contribution in [0.15, 0.2) is 0 Å². The van der Waals surface area contributed by atoms with Crippen LogP contribution in [-0.4, -0.2) is 70.3 Å². The summed E-state index contributed by atoms with van der Waals surface area (Å²) >= 11 is 0. The van der Waals surface area contributed by atoms with E-state index in [0.717, 1.165) is 13.0 Å². The van der Waals surface area contributed by atoms with Crippen molar-refractivity contribution < 1.29 is 23.4 Å². The van der Waals surface area contributed by atoms with Gasteiger partial charge in [-0.25, -0.2) is 4.39 Å². The van der Waals surface area contributed by atoms with E-state index in [2.05, 4.69) is 24.5 Å². The standard InChI is InChI=1S/C17H35FN2O4/c1-5-6-17(21)20-12-16(18)13-23-8-7-22-9-10-24-15(4)11-19-14(2)3/h14-16,19H,5-13H2,1-4H3,(H,20,21). The van der Waals surface area contributed by atoms with Crippen LogP contribution >= 0.6 is 0 Å². The summed E-state index contributed by atoms with van der Waals surface area (Å²) in [5.74, 6) is -0.124. The minimum Gasteiger partial charge on any atom is -0.377 e. The molecule has 1 amide bonds. The molecule has 0 fully saturated rings. The van der Waals surface area contributed by atoms with Crippen LogP contribution in [0.5, 0.6) is 0 Å². The first-order chi connectivity index (χ1) is 11.5. The first kappa shape index (κ1) is 23.2. The zero-order valence-corrected chi connectivity index (χ0v) is 15.6. The molecule has 24 heavy (non-hydrogen) atoms. The van der Waals surface area contributed by atoms with Gasteiger partial charge in [-0.05, 0) is 13.3 Å². The van der Waals surface area contributed by atoms with Crippen LogP contribution in [0.3, 0.4) is 0 Å². The summed E-state index contributed by atoms with van der Waals surface area (Å²) in [5, 5.41) is 5.83. The van der Waals surface area contributed by atoms with Crippen molar-refractivity contribution in [2.24, 2.45) is 0 Å². The highest BCUT2D eigenvalue weighted by Crippen LogP contribution is 1.94. The van der Waals surface area contributed by atoms with E-state index >= 15 is 0 Å². The number of halogens is 1. The topological polar surface area (TPSA) is 68.8 Å². The molecule has 0 aliphatic carbocycles. The molecule has 0 bridgehead atoms. The van der Waals surface area contributed by atoms with E-state index in [9.17, 15) is 9.18 Å². The Labute approximate surface area is 145 Å². The second-order valence-corrected chi connectivity index (χ2v) is 6.08. The van der Waals surface area contributed by atoms with Crippen molar-refractivity contribution in [3.05, 3.63) is 0 Å². The summed E-state index contributed by atoms with van der Waals surface area (Å²) in [6.45, 7) is 10.6. The molecule has 2 N–H and O–H groups in total. The third-order valence-electron chi connectivity index (χ3n) is 3.11. The Balaban J connectivity index is 3.34. The number of carbonyl (C=O) groups is 1. The van der Waals surface area contributed by atoms with Crippen LogP contribution in [0.25, 0.3) is 0 Å². The van der Waals surface area contributed by atoms with Crippen LogP contribution in [0.2, 0.25) is 0 Å². The molecule has 0 aromatic heterocycles. The molecule has 0 saturated heterocycles. The van der Waals surface area contributed by atoms with Gasteiger partial charge in [-0.1, -0.05) is 20.8 Å². The third-order valence-corrected chi connectivity index (χ3v) is 3.11. The molecule has 2 atom stereocenters. The van der Waals surface area contributed by atoms with E-state index < -0.39 is 6.17 Å². The largest absolute Gasteiger partial charge is 0.377 e. The van der Waals surface area contributed by atoms with Crippen molar-refractivity contribution in [2.75, 3.05) is 46.1 Å². The molecule has 0 rings (SSSR count). The van der Waals surface area contributed by atoms with Crippen LogP contribution < -0.4 is 10.6 Å². The lowest BCUT2D eigenvalue weighted by atomic mass is 10.3. The Bertz CT molecular complexity index is 306. The SMILES string of the molecule is CCCC(=O)NCC(F)COCCOCCOC(C)CNC(C)C. The number of amides is 1. The molecule has 0 aromatic rings. The highest BCUT2D eigenvalue weighted by Gasteiger charge is 2.08. The maximum atomic E-state index is 13.4. The van der Waals surface area contributed by atoms with E-state index in [4.69, 9.17) is 14.2 Å². The first-order valence-corrected chi connectivity index (χ1v) is 8.86. The number of nitrogens with one attached hydrogen (secondary N) is 2. The Morgan fingerprint density at radius 2 is 1.71 bits per heavy atom. The Morgan fingerprint density at radius 3 is 2.38 bits per heavy atom. The van der Waals surface area contributed by atoms with Gasteiger partial charge in [-0.15, -0.1) is 0 Å². The minimum atomic E-state index is -1.19. The smallest absolute Gasteiger partial charge is 0.220 e. The number of rotatable bonds is 16. The average molecular weight is 350 g/mol. The van der Waals surface area contributed by atoms with E-state index in [-0.39, 0.29) is 25.2 Å². The summed E-state index contributed by atoms with van der Waals surface area (Å²) in [6.07, 6.45) is 0.133. The molecule has 0 aliphatic heterocycles. The lowest BCUT2D eigenvalue weighted by molar-refractivity contribution is -0.121. The lowest BCUT2D eigenvalue weighted by Gasteiger charge is -2.16. The van der Waals surface area contributed by atoms with Crippen LogP contribution in [0, 0.1) is 0 Å². The second-order valence-electron chi connectivity index (χ2n) is 6.08. The zero-order valence-electron chi connectivity index (χ0n) is 15.6. The van der Waals surface area contributed by atoms with Crippen molar-refractivity contribution in [3.63, 3.8) is 0 Å². The quantitative estimate of drug-likeness (QED) is 0.415. The maximum absolute atomic E-state index is 13.4. The van der Waals surface area contributed by atoms with E-state index in [0.29, 0.717) is 38.9 Å². The van der Waals surface area contributed by atoms with Crippen LogP contribution in [0.1, 0.15) is 40.5 Å². The highest BCUT2D eigenvalue weighted by atomic mass is 19.1. The van der Waals surface area contributed by atoms with Gasteiger partial charge in [-0.2, -0.15) is 0 Å². The zero-order chi connectivity index (χ0) is 18.2. The summed E-state index contributed by atoms with van der Waals surface area (Å²) in [4.78, 5) is 11.2. The number of hydrogen-bond donors (Lipinski definition) is 2. The highest BCUT2D eigenvalue weighted by molar-refractivity contribution is 5.75. The van der Waals surface area contributed by atoms with Gasteiger partial charge < -0.3 is 24.8 Å². The van der Waals surface area contributed by atoms with Gasteiger partial charge in [-0.3, -0.25) is 4.79 Å². The summed E-state index contributed by atoms with van der Waals surface area (Å²) in [6, 6.07) is 0.448. The van der Waals surface area contributed by atoms with Crippen molar-refractivity contribution in [3.8, 4) is 0 Å². The minimum absolute atomic E-state index is 0.00414. The average Bonchev–Trinajstić information content (AvgIpc) is 2.53. The molecule has 0 spiro atoms. The van der Waals surface area contributed by atoms with Gasteiger partial charge in [0.05, 0.1) is 45.7 Å². The van der Waals surface area contributed by atoms with Gasteiger partial charge in [0.1, 0.15) is 6.17 Å². The number of hydrogen-bond acceptors (Lipinski definition) is 5. The molecule has 0 radical (unpaired) electrons. The number of carbonyl (C=O) groups excluding carboxylic acids is 1. The maximum Gasteiger partial charge on any atom is 0.220 e. The fraction of sp³-hybridized carbons (Fsp3) is 0.941. The molecule has 0 heterocycles. The third kappa shape index (κ3) is 16.1. The molecule has 2 unspecified atom stereocenters. The summed E-state index contributed by atoms with van der Waals surface area (Å²) in [7, 11) is 0. The Kier molecular flexibility index (Phi) is 15.3. The van der Waals surface area contributed by atoms with Crippen LogP contribution in [-0.2, 0) is 19.0 Å². The van der Waals surface area contributed by atoms with Gasteiger partial charge in [0.2, 0.25) is 5.91 Å². The lowest BCUT2D eigenvalue weighted by Crippen LogP contribution is -2.32. The van der Waals surface area contributed by atoms with Gasteiger partial charge >= 0.3 is 0 Å². The van der Waals surface area contributed by atoms with Gasteiger partial charge in [0, 0.05) is 19.0 Å². The second kappa shape index (κ2) is 15.7. The summed E-state index contributed by atoms with van der Waals surface area (Å²) in [5.41, 5.74) is 0. The fourth-order valence-corrected chi connectivity index (χ4v) is 1.80. The molecular weight excluding hydrogens is 315 g/mol. The predicted molar refractivity (Wildman–Crippen MR) is 93.0 cm³/mol. The van der Waals surface area contributed by atoms with Gasteiger partial charge in [0.15, 0.2) is 0 Å². The molecule has 0 aromatic carbocycles. The summed E-state index contributed by atoms with van der Waals surface area (Å²) < 4.78 is 29.6. The normalized spacial score (nSPS) is 13.9. The monoisotopic (exact) mass is 350 g/mol. The van der Waals surface area contributed by atoms with E-state index in [1.165, 1.54) is 0 Å². The van der Waals surface area contributed by atoms with Crippen molar-refractivity contribution in [2.45, 2.75) is 58.9 Å². The predicted octanol–water partition coefficient (Wildman–Crippen LogP) is 1.68. The van der Waals surface area contributed by atoms with Gasteiger partial charge in [0.25, 0.3) is 0 Å². The fourth-order valence-electron chi connectivity index (χ4n) is 1.80. The molecule has 144 valence electrons. The van der Waals surface area contributed by atoms with Crippen molar-refractivity contribution in [1.82, 2.24) is 10.6 Å². The first-order valence-electron chi connectivity index (χ1n) is 8.86. The van der Waals surface area contributed by atoms with E-state index in [1.54, 1.807) is 0 Å². The van der Waals surface area contributed by atoms with Crippen LogP contribution in [0.4, 0.5) is 4.39 Å². The van der Waals surface area contributed by atoms with Crippen molar-refractivity contribution in [1.29, 1.82) is 0 Å². The Morgan fingerprint density at radius 1 is 1.04 bits per heavy atom. The molecular formula is C17H35FN2O4. The molecule has 7 heteroatoms. The number of alkyl halides is 1. The van der Waals surface area contributed by atoms with Crippen molar-refractivity contribution >= 4 is 5.91 Å². The Hall–Kier alpha value is -0.760. The molecule has 0 aliphatic rings. The molecule has 0 saturated carbocycles. The van der Waals surface area contributed by atoms with E-state index in [1.807, 2.05) is 13.8 Å².